The van der Waals surface area contributed by atoms with Gasteiger partial charge in [-0.1, -0.05) is 42.0 Å². The number of hydrogen-bond acceptors (Lipinski definition) is 6. The molecule has 1 fully saturated rings. The van der Waals surface area contributed by atoms with E-state index in [0.717, 1.165) is 24.2 Å². The van der Waals surface area contributed by atoms with E-state index in [1.54, 1.807) is 0 Å². The fraction of sp³-hybridized carbons (Fsp3) is 0.438. The number of carbonyl (C=O) groups excluding carboxylic acids is 1. The summed E-state index contributed by atoms with van der Waals surface area (Å²) in [7, 11) is 1.34. The van der Waals surface area contributed by atoms with E-state index in [4.69, 9.17) is 17.0 Å². The van der Waals surface area contributed by atoms with Crippen molar-refractivity contribution in [1.82, 2.24) is 10.3 Å². The maximum Gasteiger partial charge on any atom is 0.326 e. The van der Waals surface area contributed by atoms with Gasteiger partial charge in [0.15, 0.2) is 0 Å². The topological polar surface area (TPSA) is 63.2 Å². The number of thiocarbonyl (C=S) groups is 1. The number of ether oxygens (including phenoxy) is 2. The van der Waals surface area contributed by atoms with Crippen LogP contribution >= 0.6 is 12.2 Å². The minimum absolute atomic E-state index is 0.00240. The molecule has 0 saturated carbocycles. The summed E-state index contributed by atoms with van der Waals surface area (Å²) in [5, 5.41) is 4.33. The Hall–Kier alpha value is -1.99. The molecule has 0 aliphatic carbocycles. The number of esters is 1. The molecule has 0 atom stereocenters. The van der Waals surface area contributed by atoms with Crippen molar-refractivity contribution in [1.29, 1.82) is 0 Å². The van der Waals surface area contributed by atoms with Crippen LogP contribution in [0.25, 0.3) is 0 Å². The first-order chi connectivity index (χ1) is 11.1. The summed E-state index contributed by atoms with van der Waals surface area (Å²) in [6.45, 7) is 4.79. The average molecular weight is 335 g/mol. The second-order valence-corrected chi connectivity index (χ2v) is 5.53. The van der Waals surface area contributed by atoms with Gasteiger partial charge in [0.25, 0.3) is 0 Å². The molecule has 0 aromatic heterocycles. The van der Waals surface area contributed by atoms with Crippen LogP contribution in [0.4, 0.5) is 0 Å². The van der Waals surface area contributed by atoms with Crippen molar-refractivity contribution in [2.75, 3.05) is 40.0 Å². The lowest BCUT2D eigenvalue weighted by atomic mass is 10.1. The highest BCUT2D eigenvalue weighted by atomic mass is 32.1. The van der Waals surface area contributed by atoms with Gasteiger partial charge in [-0.25, -0.2) is 0 Å². The molecule has 0 bridgehead atoms. The van der Waals surface area contributed by atoms with E-state index in [9.17, 15) is 4.79 Å². The zero-order valence-corrected chi connectivity index (χ0v) is 14.2. The summed E-state index contributed by atoms with van der Waals surface area (Å²) in [5.41, 5.74) is 5.45. The molecule has 7 heteroatoms. The number of benzene rings is 1. The number of nitrogens with zero attached hydrogens (tertiary/aromatic N) is 2. The molecule has 0 unspecified atom stereocenters. The van der Waals surface area contributed by atoms with Crippen molar-refractivity contribution >= 4 is 28.9 Å². The van der Waals surface area contributed by atoms with Gasteiger partial charge in [0.05, 0.1) is 20.3 Å². The van der Waals surface area contributed by atoms with Crippen molar-refractivity contribution in [2.24, 2.45) is 5.10 Å². The quantitative estimate of drug-likeness (QED) is 0.377. The molecular formula is C16H21N3O3S. The molecule has 0 spiro atoms. The third-order valence-corrected chi connectivity index (χ3v) is 3.92. The number of nitrogens with one attached hydrogen (secondary N) is 1. The van der Waals surface area contributed by atoms with Crippen LogP contribution in [0.2, 0.25) is 0 Å². The number of aryl methyl sites for hydroxylation is 1. The van der Waals surface area contributed by atoms with Crippen molar-refractivity contribution in [2.45, 2.75) is 6.92 Å². The van der Waals surface area contributed by atoms with Crippen molar-refractivity contribution in [3.05, 3.63) is 35.4 Å². The Balaban J connectivity index is 2.19. The third-order valence-electron chi connectivity index (χ3n) is 3.47. The van der Waals surface area contributed by atoms with E-state index >= 15 is 0 Å². The van der Waals surface area contributed by atoms with E-state index in [1.807, 2.05) is 31.2 Å². The lowest BCUT2D eigenvalue weighted by Crippen LogP contribution is -2.43. The van der Waals surface area contributed by atoms with E-state index in [0.29, 0.717) is 23.9 Å². The molecule has 1 N–H and O–H groups in total. The first-order valence-electron chi connectivity index (χ1n) is 7.43. The molecule has 1 aromatic carbocycles. The number of carbonyl (C=O) groups is 1. The van der Waals surface area contributed by atoms with Crippen LogP contribution in [0.1, 0.15) is 11.1 Å². The Morgan fingerprint density at radius 2 is 2.00 bits per heavy atom. The Morgan fingerprint density at radius 3 is 2.61 bits per heavy atom. The zero-order chi connectivity index (χ0) is 16.7. The Labute approximate surface area is 141 Å². The summed E-state index contributed by atoms with van der Waals surface area (Å²) in [6, 6.07) is 7.96. The first kappa shape index (κ1) is 17.4. The van der Waals surface area contributed by atoms with E-state index in [2.05, 4.69) is 20.2 Å². The average Bonchev–Trinajstić information content (AvgIpc) is 2.60. The van der Waals surface area contributed by atoms with Gasteiger partial charge in [-0.15, -0.1) is 0 Å². The first-order valence-corrected chi connectivity index (χ1v) is 7.84. The smallest absolute Gasteiger partial charge is 0.326 e. The summed E-state index contributed by atoms with van der Waals surface area (Å²) >= 11 is 5.60. The maximum atomic E-state index is 11.2. The number of hydrogen-bond donors (Lipinski definition) is 1. The highest BCUT2D eigenvalue weighted by Crippen LogP contribution is 2.10. The molecular weight excluding hydrogens is 314 g/mol. The lowest BCUT2D eigenvalue weighted by Gasteiger charge is -2.29. The van der Waals surface area contributed by atoms with Crippen LogP contribution in [0.15, 0.2) is 29.4 Å². The molecule has 1 aromatic rings. The summed E-state index contributed by atoms with van der Waals surface area (Å²) in [5.74, 6) is -0.380. The van der Waals surface area contributed by atoms with Crippen LogP contribution in [0.3, 0.4) is 0 Å². The third kappa shape index (κ3) is 5.01. The Kier molecular flexibility index (Phi) is 6.49. The molecule has 1 aliphatic rings. The standard InChI is InChI=1S/C16H21N3O3S/c1-12-3-5-13(6-4-12)15(18-17-11-14(20)21-2)16(23)19-7-9-22-10-8-19/h3-6,17H,7-11H2,1-2H3/b18-15-. The molecule has 23 heavy (non-hydrogen) atoms. The van der Waals surface area contributed by atoms with Gasteiger partial charge in [0, 0.05) is 18.7 Å². The minimum atomic E-state index is -0.380. The zero-order valence-electron chi connectivity index (χ0n) is 13.4. The molecule has 2 rings (SSSR count). The van der Waals surface area contributed by atoms with Gasteiger partial charge in [-0.05, 0) is 6.92 Å². The Morgan fingerprint density at radius 1 is 1.35 bits per heavy atom. The summed E-state index contributed by atoms with van der Waals surface area (Å²) in [6.07, 6.45) is 0. The fourth-order valence-electron chi connectivity index (χ4n) is 2.12. The summed E-state index contributed by atoms with van der Waals surface area (Å²) in [4.78, 5) is 13.9. The fourth-order valence-corrected chi connectivity index (χ4v) is 2.46. The minimum Gasteiger partial charge on any atom is -0.468 e. The molecule has 1 heterocycles. The number of methoxy groups -OCH3 is 1. The molecule has 1 aliphatic heterocycles. The molecule has 0 amide bonds. The highest BCUT2D eigenvalue weighted by Gasteiger charge is 2.20. The second-order valence-electron chi connectivity index (χ2n) is 5.14. The normalized spacial score (nSPS) is 15.2. The van der Waals surface area contributed by atoms with Gasteiger partial charge in [-0.2, -0.15) is 5.10 Å². The predicted molar refractivity (Wildman–Crippen MR) is 92.7 cm³/mol. The lowest BCUT2D eigenvalue weighted by molar-refractivity contribution is -0.139. The van der Waals surface area contributed by atoms with Gasteiger partial charge in [-0.3, -0.25) is 10.2 Å². The predicted octanol–water partition coefficient (Wildman–Crippen LogP) is 1.12. The maximum absolute atomic E-state index is 11.2. The Bertz CT molecular complexity index is 581. The number of hydrazone groups is 1. The van der Waals surface area contributed by atoms with E-state index in [1.165, 1.54) is 7.11 Å². The number of morpholine rings is 1. The largest absolute Gasteiger partial charge is 0.468 e. The van der Waals surface area contributed by atoms with Crippen LogP contribution in [-0.4, -0.2) is 61.5 Å². The van der Waals surface area contributed by atoms with Crippen molar-refractivity contribution in [3.8, 4) is 0 Å². The van der Waals surface area contributed by atoms with Crippen molar-refractivity contribution < 1.29 is 14.3 Å². The molecule has 124 valence electrons. The monoisotopic (exact) mass is 335 g/mol. The summed E-state index contributed by atoms with van der Waals surface area (Å²) < 4.78 is 9.96. The van der Waals surface area contributed by atoms with Crippen LogP contribution in [0, 0.1) is 6.92 Å². The van der Waals surface area contributed by atoms with Gasteiger partial charge in [0.2, 0.25) is 0 Å². The molecule has 6 nitrogen and oxygen atoms in total. The van der Waals surface area contributed by atoms with Gasteiger partial charge >= 0.3 is 5.97 Å². The van der Waals surface area contributed by atoms with E-state index in [-0.39, 0.29) is 12.5 Å². The van der Waals surface area contributed by atoms with Gasteiger partial charge < -0.3 is 14.4 Å². The second kappa shape index (κ2) is 8.59. The highest BCUT2D eigenvalue weighted by molar-refractivity contribution is 7.82. The van der Waals surface area contributed by atoms with Crippen LogP contribution < -0.4 is 5.43 Å². The van der Waals surface area contributed by atoms with Crippen LogP contribution in [0.5, 0.6) is 0 Å². The van der Waals surface area contributed by atoms with E-state index < -0.39 is 0 Å². The SMILES string of the molecule is COC(=O)CN/N=C(\C(=S)N1CCOCC1)c1ccc(C)cc1. The molecule has 0 radical (unpaired) electrons. The molecule has 1 saturated heterocycles. The van der Waals surface area contributed by atoms with Crippen LogP contribution in [-0.2, 0) is 14.3 Å². The number of rotatable bonds is 5. The van der Waals surface area contributed by atoms with Crippen molar-refractivity contribution in [3.63, 3.8) is 0 Å². The van der Waals surface area contributed by atoms with Gasteiger partial charge in [0.1, 0.15) is 17.2 Å².